The summed E-state index contributed by atoms with van der Waals surface area (Å²) in [5, 5.41) is 0. The van der Waals surface area contributed by atoms with E-state index in [9.17, 15) is 4.79 Å². The highest BCUT2D eigenvalue weighted by Gasteiger charge is 2.49. The summed E-state index contributed by atoms with van der Waals surface area (Å²) < 4.78 is 38.1. The van der Waals surface area contributed by atoms with Crippen LogP contribution in [0, 0.1) is 11.6 Å². The van der Waals surface area contributed by atoms with Crippen molar-refractivity contribution >= 4 is 22.2 Å². The monoisotopic (exact) mass is 552 g/mol. The predicted molar refractivity (Wildman–Crippen MR) is 143 cm³/mol. The molecule has 5 aromatic rings. The van der Waals surface area contributed by atoms with E-state index < -0.39 is 17.0 Å². The Hall–Kier alpha value is -4.09. The Morgan fingerprint density at radius 2 is 1.30 bits per heavy atom. The minimum absolute atomic E-state index is 0.0163. The van der Waals surface area contributed by atoms with E-state index in [0.717, 1.165) is 33.0 Å². The first-order chi connectivity index (χ1) is 18.0. The van der Waals surface area contributed by atoms with Crippen LogP contribution < -0.4 is 4.74 Å². The third kappa shape index (κ3) is 3.69. The van der Waals surface area contributed by atoms with Gasteiger partial charge in [0.15, 0.2) is 0 Å². The van der Waals surface area contributed by atoms with Gasteiger partial charge in [0, 0.05) is 15.6 Å². The van der Waals surface area contributed by atoms with Gasteiger partial charge in [0.25, 0.3) is 0 Å². The third-order valence-electron chi connectivity index (χ3n) is 6.88. The maximum atomic E-state index is 15.6. The van der Waals surface area contributed by atoms with Crippen LogP contribution in [0.15, 0.2) is 114 Å². The van der Waals surface area contributed by atoms with Crippen molar-refractivity contribution < 1.29 is 18.3 Å². The molecule has 0 saturated heterocycles. The van der Waals surface area contributed by atoms with Crippen LogP contribution in [0.1, 0.15) is 32.6 Å². The van der Waals surface area contributed by atoms with E-state index in [1.165, 1.54) is 18.2 Å². The van der Waals surface area contributed by atoms with Crippen molar-refractivity contribution in [3.8, 4) is 22.6 Å². The van der Waals surface area contributed by atoms with Gasteiger partial charge in [-0.2, -0.15) is 0 Å². The number of hydrogen-bond donors (Lipinski definition) is 0. The van der Waals surface area contributed by atoms with Crippen molar-refractivity contribution in [1.82, 2.24) is 0 Å². The van der Waals surface area contributed by atoms with Crippen molar-refractivity contribution in [3.05, 3.63) is 153 Å². The van der Waals surface area contributed by atoms with Gasteiger partial charge < -0.3 is 4.74 Å². The molecule has 0 aliphatic heterocycles. The van der Waals surface area contributed by atoms with Crippen LogP contribution in [0.2, 0.25) is 0 Å². The Kier molecular flexibility index (Phi) is 5.73. The van der Waals surface area contributed by atoms with Gasteiger partial charge >= 0.3 is 0 Å². The molecule has 37 heavy (non-hydrogen) atoms. The van der Waals surface area contributed by atoms with E-state index in [1.54, 1.807) is 36.4 Å². The molecule has 0 amide bonds. The number of aldehydes is 1. The molecular formula is C32H19BrF2O2. The second kappa shape index (κ2) is 9.09. The number of halogens is 3. The predicted octanol–water partition coefficient (Wildman–Crippen LogP) is 8.70. The lowest BCUT2D eigenvalue weighted by molar-refractivity contribution is 0.112. The topological polar surface area (TPSA) is 26.3 Å². The fourth-order valence-corrected chi connectivity index (χ4v) is 5.72. The first-order valence-corrected chi connectivity index (χ1v) is 12.5. The molecule has 1 aliphatic carbocycles. The number of ether oxygens (including phenoxy) is 1. The van der Waals surface area contributed by atoms with Gasteiger partial charge in [-0.15, -0.1) is 0 Å². The zero-order chi connectivity index (χ0) is 25.6. The highest BCUT2D eigenvalue weighted by molar-refractivity contribution is 9.10. The number of rotatable bonds is 5. The summed E-state index contributed by atoms with van der Waals surface area (Å²) in [4.78, 5) is 10.9. The molecule has 0 aromatic heterocycles. The highest BCUT2D eigenvalue weighted by Crippen LogP contribution is 2.57. The smallest absolute Gasteiger partial charge is 0.150 e. The van der Waals surface area contributed by atoms with E-state index in [1.807, 2.05) is 54.6 Å². The lowest BCUT2D eigenvalue weighted by Crippen LogP contribution is -2.31. The molecule has 1 aliphatic rings. The van der Waals surface area contributed by atoms with Crippen LogP contribution in [0.25, 0.3) is 11.1 Å². The zero-order valence-corrected chi connectivity index (χ0v) is 21.0. The molecule has 1 atom stereocenters. The van der Waals surface area contributed by atoms with E-state index in [4.69, 9.17) is 4.74 Å². The number of fused-ring (bicyclic) bond motifs is 3. The zero-order valence-electron chi connectivity index (χ0n) is 19.4. The Bertz CT molecular complexity index is 1630. The molecule has 0 heterocycles. The van der Waals surface area contributed by atoms with Gasteiger partial charge in [0.1, 0.15) is 29.4 Å². The normalized spacial score (nSPS) is 15.6. The average molecular weight is 553 g/mol. The Balaban J connectivity index is 1.57. The van der Waals surface area contributed by atoms with Gasteiger partial charge in [-0.3, -0.25) is 4.79 Å². The maximum absolute atomic E-state index is 15.6. The van der Waals surface area contributed by atoms with E-state index >= 15 is 8.78 Å². The van der Waals surface area contributed by atoms with Gasteiger partial charge in [-0.05, 0) is 88.5 Å². The average Bonchev–Trinajstić information content (AvgIpc) is 3.20. The van der Waals surface area contributed by atoms with Crippen LogP contribution in [0.3, 0.4) is 0 Å². The van der Waals surface area contributed by atoms with Crippen LogP contribution in [0.5, 0.6) is 11.5 Å². The van der Waals surface area contributed by atoms with Crippen LogP contribution in [0.4, 0.5) is 8.78 Å². The fraction of sp³-hybridized carbons (Fsp3) is 0.0312. The second-order valence-electron chi connectivity index (χ2n) is 8.90. The molecule has 5 heteroatoms. The summed E-state index contributed by atoms with van der Waals surface area (Å²) in [7, 11) is 0. The number of carbonyl (C=O) groups is 1. The molecule has 180 valence electrons. The lowest BCUT2D eigenvalue weighted by Gasteiger charge is -2.34. The van der Waals surface area contributed by atoms with Crippen LogP contribution in [-0.4, -0.2) is 6.29 Å². The summed E-state index contributed by atoms with van der Waals surface area (Å²) >= 11 is 3.57. The summed E-state index contributed by atoms with van der Waals surface area (Å²) in [6.45, 7) is 0. The minimum Gasteiger partial charge on any atom is -0.457 e. The first kappa shape index (κ1) is 23.3. The fourth-order valence-electron chi connectivity index (χ4n) is 5.36. The molecule has 0 radical (unpaired) electrons. The summed E-state index contributed by atoms with van der Waals surface area (Å²) in [5.41, 5.74) is 3.51. The van der Waals surface area contributed by atoms with E-state index in [0.29, 0.717) is 22.6 Å². The molecule has 6 rings (SSSR count). The maximum Gasteiger partial charge on any atom is 0.150 e. The van der Waals surface area contributed by atoms with Crippen molar-refractivity contribution in [2.45, 2.75) is 5.41 Å². The largest absolute Gasteiger partial charge is 0.457 e. The van der Waals surface area contributed by atoms with Crippen LogP contribution in [-0.2, 0) is 5.41 Å². The van der Waals surface area contributed by atoms with Gasteiger partial charge in [-0.1, -0.05) is 64.5 Å². The van der Waals surface area contributed by atoms with E-state index in [-0.39, 0.29) is 5.56 Å². The number of carbonyl (C=O) groups excluding carboxylic acids is 1. The molecule has 0 fully saturated rings. The summed E-state index contributed by atoms with van der Waals surface area (Å²) in [6.07, 6.45) is 0.773. The summed E-state index contributed by atoms with van der Waals surface area (Å²) in [6, 6.07) is 31.7. The summed E-state index contributed by atoms with van der Waals surface area (Å²) in [5.74, 6) is -0.0855. The van der Waals surface area contributed by atoms with E-state index in [2.05, 4.69) is 15.9 Å². The molecule has 0 spiro atoms. The molecule has 2 nitrogen and oxygen atoms in total. The SMILES string of the molecule is O=Cc1ccc(Oc2ccc(C3(c4c(F)cccc4F)c4ccccc4-c4ccc(Br)cc43)cc2)cc1. The Labute approximate surface area is 221 Å². The Morgan fingerprint density at radius 1 is 0.676 bits per heavy atom. The van der Waals surface area contributed by atoms with Crippen molar-refractivity contribution in [2.75, 3.05) is 0 Å². The molecular weight excluding hydrogens is 534 g/mol. The first-order valence-electron chi connectivity index (χ1n) is 11.7. The molecule has 0 bridgehead atoms. The quantitative estimate of drug-likeness (QED) is 0.200. The van der Waals surface area contributed by atoms with Gasteiger partial charge in [0.05, 0.1) is 5.41 Å². The van der Waals surface area contributed by atoms with Gasteiger partial charge in [0.2, 0.25) is 0 Å². The minimum atomic E-state index is -1.21. The van der Waals surface area contributed by atoms with Crippen LogP contribution >= 0.6 is 15.9 Å². The third-order valence-corrected chi connectivity index (χ3v) is 7.38. The van der Waals surface area contributed by atoms with Crippen molar-refractivity contribution in [1.29, 1.82) is 0 Å². The molecule has 0 N–H and O–H groups in total. The number of hydrogen-bond acceptors (Lipinski definition) is 2. The van der Waals surface area contributed by atoms with Crippen molar-refractivity contribution in [3.63, 3.8) is 0 Å². The Morgan fingerprint density at radius 3 is 1.97 bits per heavy atom. The molecule has 0 saturated carbocycles. The number of benzene rings is 5. The van der Waals surface area contributed by atoms with Gasteiger partial charge in [-0.25, -0.2) is 8.78 Å². The highest BCUT2D eigenvalue weighted by atomic mass is 79.9. The molecule has 5 aromatic carbocycles. The second-order valence-corrected chi connectivity index (χ2v) is 9.81. The lowest BCUT2D eigenvalue weighted by atomic mass is 9.67. The molecule has 1 unspecified atom stereocenters. The standard InChI is InChI=1S/C32H19BrF2O2/c33-22-12-17-26-25-4-1-2-5-27(25)32(28(26)18-22,31-29(34)6-3-7-30(31)35)21-10-15-24(16-11-21)37-23-13-8-20(19-36)9-14-23/h1-19H. The van der Waals surface area contributed by atoms with Crippen molar-refractivity contribution in [2.24, 2.45) is 0 Å².